The van der Waals surface area contributed by atoms with Crippen molar-refractivity contribution in [1.29, 1.82) is 0 Å². The Labute approximate surface area is 129 Å². The largest absolute Gasteiger partial charge is 0.313 e. The zero-order chi connectivity index (χ0) is 16.0. The number of rotatable bonds is 8. The average Bonchev–Trinajstić information content (AvgIpc) is 2.43. The summed E-state index contributed by atoms with van der Waals surface area (Å²) in [5, 5.41) is 3.24. The summed E-state index contributed by atoms with van der Waals surface area (Å²) in [6.45, 7) is 11.5. The lowest BCUT2D eigenvalue weighted by molar-refractivity contribution is 0.437. The van der Waals surface area contributed by atoms with Gasteiger partial charge < -0.3 is 5.32 Å². The second kappa shape index (κ2) is 7.92. The highest BCUT2D eigenvalue weighted by atomic mass is 32.2. The van der Waals surface area contributed by atoms with E-state index >= 15 is 0 Å². The van der Waals surface area contributed by atoms with Gasteiger partial charge in [-0.05, 0) is 43.0 Å². The molecule has 0 fully saturated rings. The Kier molecular flexibility index (Phi) is 6.84. The summed E-state index contributed by atoms with van der Waals surface area (Å²) < 4.78 is 28.1. The summed E-state index contributed by atoms with van der Waals surface area (Å²) in [5.41, 5.74) is 1.85. The second-order valence-electron chi connectivity index (χ2n) is 5.70. The molecule has 0 aliphatic carbocycles. The molecule has 0 amide bonds. The summed E-state index contributed by atoms with van der Waals surface area (Å²) in [7, 11) is -3.47. The first-order valence-electron chi connectivity index (χ1n) is 7.65. The molecule has 0 radical (unpaired) electrons. The van der Waals surface area contributed by atoms with Crippen LogP contribution in [0.15, 0.2) is 23.1 Å². The van der Waals surface area contributed by atoms with Crippen LogP contribution in [0.5, 0.6) is 0 Å². The molecule has 0 spiro atoms. The van der Waals surface area contributed by atoms with Gasteiger partial charge in [0.05, 0.1) is 4.90 Å². The van der Waals surface area contributed by atoms with Crippen molar-refractivity contribution in [3.63, 3.8) is 0 Å². The van der Waals surface area contributed by atoms with Crippen molar-refractivity contribution in [3.05, 3.63) is 29.3 Å². The Morgan fingerprint density at radius 3 is 2.38 bits per heavy atom. The number of sulfonamides is 1. The van der Waals surface area contributed by atoms with Crippen LogP contribution in [0.25, 0.3) is 0 Å². The average molecular weight is 312 g/mol. The first-order valence-corrected chi connectivity index (χ1v) is 9.13. The predicted molar refractivity (Wildman–Crippen MR) is 87.8 cm³/mol. The minimum absolute atomic E-state index is 0.0353. The summed E-state index contributed by atoms with van der Waals surface area (Å²) in [4.78, 5) is 0.386. The number of nitrogens with one attached hydrogen (secondary N) is 2. The third-order valence-corrected chi connectivity index (χ3v) is 5.44. The lowest BCUT2D eigenvalue weighted by Gasteiger charge is -2.21. The monoisotopic (exact) mass is 312 g/mol. The topological polar surface area (TPSA) is 58.2 Å². The molecule has 4 nitrogen and oxygen atoms in total. The minimum atomic E-state index is -3.47. The van der Waals surface area contributed by atoms with E-state index in [9.17, 15) is 8.42 Å². The quantitative estimate of drug-likeness (QED) is 0.776. The highest BCUT2D eigenvalue weighted by Crippen LogP contribution is 2.20. The molecule has 21 heavy (non-hydrogen) atoms. The first kappa shape index (κ1) is 18.1. The number of benzene rings is 1. The van der Waals surface area contributed by atoms with Gasteiger partial charge in [-0.3, -0.25) is 0 Å². The normalized spacial score (nSPS) is 13.6. The van der Waals surface area contributed by atoms with E-state index in [1.807, 2.05) is 46.8 Å². The van der Waals surface area contributed by atoms with Gasteiger partial charge in [0.15, 0.2) is 0 Å². The van der Waals surface area contributed by atoms with Crippen LogP contribution in [0, 0.1) is 12.8 Å². The van der Waals surface area contributed by atoms with Gasteiger partial charge in [0.2, 0.25) is 10.0 Å². The smallest absolute Gasteiger partial charge is 0.241 e. The van der Waals surface area contributed by atoms with Crippen LogP contribution in [0.2, 0.25) is 0 Å². The molecule has 0 aromatic heterocycles. The van der Waals surface area contributed by atoms with E-state index in [0.29, 0.717) is 11.4 Å². The number of hydrogen-bond donors (Lipinski definition) is 2. The number of hydrogen-bond acceptors (Lipinski definition) is 3. The molecule has 1 aromatic rings. The van der Waals surface area contributed by atoms with Gasteiger partial charge in [-0.1, -0.05) is 39.8 Å². The van der Waals surface area contributed by atoms with E-state index in [1.54, 1.807) is 6.07 Å². The van der Waals surface area contributed by atoms with E-state index in [2.05, 4.69) is 10.0 Å². The van der Waals surface area contributed by atoms with Crippen molar-refractivity contribution in [2.75, 3.05) is 6.54 Å². The van der Waals surface area contributed by atoms with Crippen LogP contribution in [0.3, 0.4) is 0 Å². The van der Waals surface area contributed by atoms with E-state index in [1.165, 1.54) is 0 Å². The van der Waals surface area contributed by atoms with Crippen molar-refractivity contribution in [1.82, 2.24) is 10.0 Å². The van der Waals surface area contributed by atoms with Gasteiger partial charge in [-0.25, -0.2) is 13.1 Å². The first-order chi connectivity index (χ1) is 9.83. The van der Waals surface area contributed by atoms with Crippen LogP contribution < -0.4 is 10.0 Å². The Balaban J connectivity index is 3.08. The van der Waals surface area contributed by atoms with Crippen LogP contribution in [0.4, 0.5) is 0 Å². The Bertz CT molecular complexity index is 553. The van der Waals surface area contributed by atoms with Gasteiger partial charge in [0.1, 0.15) is 0 Å². The summed E-state index contributed by atoms with van der Waals surface area (Å²) >= 11 is 0. The van der Waals surface area contributed by atoms with E-state index in [0.717, 1.165) is 24.1 Å². The fourth-order valence-electron chi connectivity index (χ4n) is 2.36. The maximum atomic E-state index is 12.6. The molecule has 1 rings (SSSR count). The molecule has 2 N–H and O–H groups in total. The maximum absolute atomic E-state index is 12.6. The Morgan fingerprint density at radius 1 is 1.19 bits per heavy atom. The van der Waals surface area contributed by atoms with E-state index < -0.39 is 10.0 Å². The van der Waals surface area contributed by atoms with Crippen molar-refractivity contribution in [2.24, 2.45) is 5.92 Å². The fraction of sp³-hybridized carbons (Fsp3) is 0.625. The van der Waals surface area contributed by atoms with E-state index in [4.69, 9.17) is 0 Å². The third-order valence-electron chi connectivity index (χ3n) is 3.80. The van der Waals surface area contributed by atoms with Gasteiger partial charge in [0, 0.05) is 12.6 Å². The van der Waals surface area contributed by atoms with Crippen molar-refractivity contribution in [3.8, 4) is 0 Å². The zero-order valence-electron chi connectivity index (χ0n) is 13.7. The SMILES string of the molecule is CCNCc1cccc(S(=O)(=O)NC(CC)C(C)C)c1C. The van der Waals surface area contributed by atoms with Crippen molar-refractivity contribution < 1.29 is 8.42 Å². The molecule has 0 aliphatic heterocycles. The van der Waals surface area contributed by atoms with Crippen LogP contribution >= 0.6 is 0 Å². The van der Waals surface area contributed by atoms with Gasteiger partial charge in [0.25, 0.3) is 0 Å². The highest BCUT2D eigenvalue weighted by Gasteiger charge is 2.23. The fourth-order valence-corrected chi connectivity index (χ4v) is 4.11. The molecule has 0 saturated carbocycles. The second-order valence-corrected chi connectivity index (χ2v) is 7.38. The van der Waals surface area contributed by atoms with E-state index in [-0.39, 0.29) is 12.0 Å². The maximum Gasteiger partial charge on any atom is 0.241 e. The molecule has 1 atom stereocenters. The van der Waals surface area contributed by atoms with Crippen molar-refractivity contribution >= 4 is 10.0 Å². The van der Waals surface area contributed by atoms with Gasteiger partial charge >= 0.3 is 0 Å². The highest BCUT2D eigenvalue weighted by molar-refractivity contribution is 7.89. The zero-order valence-corrected chi connectivity index (χ0v) is 14.5. The predicted octanol–water partition coefficient (Wildman–Crippen LogP) is 2.82. The Morgan fingerprint density at radius 2 is 1.86 bits per heavy atom. The van der Waals surface area contributed by atoms with Crippen LogP contribution in [0.1, 0.15) is 45.2 Å². The van der Waals surface area contributed by atoms with Crippen LogP contribution in [-0.4, -0.2) is 21.0 Å². The molecular formula is C16H28N2O2S. The molecule has 0 heterocycles. The van der Waals surface area contributed by atoms with Gasteiger partial charge in [-0.2, -0.15) is 0 Å². The summed E-state index contributed by atoms with van der Waals surface area (Å²) in [5.74, 6) is 0.273. The molecular weight excluding hydrogens is 284 g/mol. The summed E-state index contributed by atoms with van der Waals surface area (Å²) in [6.07, 6.45) is 0.785. The molecule has 0 bridgehead atoms. The third kappa shape index (κ3) is 4.80. The standard InChI is InChI=1S/C16H28N2O2S/c1-6-15(12(3)4)18-21(19,20)16-10-8-9-14(13(16)5)11-17-7-2/h8-10,12,15,17-18H,6-7,11H2,1-5H3. The minimum Gasteiger partial charge on any atom is -0.313 e. The Hall–Kier alpha value is -0.910. The molecule has 1 aromatic carbocycles. The van der Waals surface area contributed by atoms with Crippen molar-refractivity contribution in [2.45, 2.75) is 58.5 Å². The molecule has 0 aliphatic rings. The molecule has 0 saturated heterocycles. The summed E-state index contributed by atoms with van der Waals surface area (Å²) in [6, 6.07) is 5.42. The lowest BCUT2D eigenvalue weighted by Crippen LogP contribution is -2.38. The van der Waals surface area contributed by atoms with Crippen LogP contribution in [-0.2, 0) is 16.6 Å². The lowest BCUT2D eigenvalue weighted by atomic mass is 10.0. The molecule has 5 heteroatoms. The molecule has 120 valence electrons. The van der Waals surface area contributed by atoms with Gasteiger partial charge in [-0.15, -0.1) is 0 Å². The molecule has 1 unspecified atom stereocenters.